The van der Waals surface area contributed by atoms with Gasteiger partial charge in [-0.3, -0.25) is 9.59 Å². The van der Waals surface area contributed by atoms with Crippen molar-refractivity contribution in [2.75, 3.05) is 0 Å². The van der Waals surface area contributed by atoms with Gasteiger partial charge in [-0.25, -0.2) is 0 Å². The highest BCUT2D eigenvalue weighted by Gasteiger charge is 2.36. The van der Waals surface area contributed by atoms with E-state index in [0.29, 0.717) is 18.5 Å². The molecule has 1 aliphatic rings. The molecular weight excluding hydrogens is 312 g/mol. The van der Waals surface area contributed by atoms with E-state index < -0.39 is 5.91 Å². The smallest absolute Gasteiger partial charge is 0.248 e. The molecule has 0 spiro atoms. The standard InChI is InChI=1S/C21H24N2O2/c1-14-5-4-6-17-13-23(21(2,3)12-18(14)17)19(24)11-15-7-9-16(10-8-15)20(22)25/h4-10H,11-13H2,1-3H3,(H2,22,25). The third kappa shape index (κ3) is 3.43. The van der Waals surface area contributed by atoms with Crippen molar-refractivity contribution >= 4 is 11.8 Å². The Morgan fingerprint density at radius 2 is 1.80 bits per heavy atom. The summed E-state index contributed by atoms with van der Waals surface area (Å²) >= 11 is 0. The highest BCUT2D eigenvalue weighted by Crippen LogP contribution is 2.32. The monoisotopic (exact) mass is 336 g/mol. The van der Waals surface area contributed by atoms with Crippen LogP contribution < -0.4 is 5.73 Å². The predicted octanol–water partition coefficient (Wildman–Crippen LogP) is 3.00. The normalized spacial score (nSPS) is 15.6. The molecule has 4 heteroatoms. The summed E-state index contributed by atoms with van der Waals surface area (Å²) in [5, 5.41) is 0. The molecule has 2 amide bonds. The molecule has 0 bridgehead atoms. The molecule has 1 aliphatic heterocycles. The Balaban J connectivity index is 1.80. The van der Waals surface area contributed by atoms with Gasteiger partial charge in [-0.1, -0.05) is 30.3 Å². The van der Waals surface area contributed by atoms with Gasteiger partial charge in [0.25, 0.3) is 0 Å². The molecule has 2 aromatic rings. The summed E-state index contributed by atoms with van der Waals surface area (Å²) in [7, 11) is 0. The minimum Gasteiger partial charge on any atom is -0.366 e. The molecule has 1 heterocycles. The molecular formula is C21H24N2O2. The number of rotatable bonds is 3. The summed E-state index contributed by atoms with van der Waals surface area (Å²) in [4.78, 5) is 26.1. The van der Waals surface area contributed by atoms with Crippen LogP contribution >= 0.6 is 0 Å². The van der Waals surface area contributed by atoms with Crippen molar-refractivity contribution in [3.63, 3.8) is 0 Å². The number of benzene rings is 2. The first-order valence-corrected chi connectivity index (χ1v) is 8.54. The van der Waals surface area contributed by atoms with Gasteiger partial charge < -0.3 is 10.6 Å². The maximum atomic E-state index is 12.9. The number of aryl methyl sites for hydroxylation is 1. The van der Waals surface area contributed by atoms with Crippen LogP contribution in [0, 0.1) is 6.92 Å². The Labute approximate surface area is 148 Å². The molecule has 2 N–H and O–H groups in total. The molecule has 2 aromatic carbocycles. The van der Waals surface area contributed by atoms with Crippen LogP contribution in [-0.4, -0.2) is 22.3 Å². The fourth-order valence-corrected chi connectivity index (χ4v) is 3.56. The van der Waals surface area contributed by atoms with E-state index in [-0.39, 0.29) is 11.4 Å². The van der Waals surface area contributed by atoms with Crippen LogP contribution in [0.4, 0.5) is 0 Å². The van der Waals surface area contributed by atoms with Crippen LogP contribution in [0.25, 0.3) is 0 Å². The summed E-state index contributed by atoms with van der Waals surface area (Å²) in [6, 6.07) is 13.2. The van der Waals surface area contributed by atoms with Crippen molar-refractivity contribution in [3.05, 3.63) is 70.3 Å². The second-order valence-electron chi connectivity index (χ2n) is 7.42. The maximum absolute atomic E-state index is 12.9. The summed E-state index contributed by atoms with van der Waals surface area (Å²) in [5.41, 5.74) is 10.3. The van der Waals surface area contributed by atoms with Gasteiger partial charge in [0.05, 0.1) is 6.42 Å². The van der Waals surface area contributed by atoms with Crippen molar-refractivity contribution in [2.45, 2.75) is 45.7 Å². The van der Waals surface area contributed by atoms with Crippen molar-refractivity contribution in [1.82, 2.24) is 4.90 Å². The lowest BCUT2D eigenvalue weighted by Crippen LogP contribution is -2.52. The lowest BCUT2D eigenvalue weighted by molar-refractivity contribution is -0.137. The van der Waals surface area contributed by atoms with Gasteiger partial charge in [0, 0.05) is 17.6 Å². The van der Waals surface area contributed by atoms with Gasteiger partial charge >= 0.3 is 0 Å². The second-order valence-corrected chi connectivity index (χ2v) is 7.42. The summed E-state index contributed by atoms with van der Waals surface area (Å²) in [5.74, 6) is -0.356. The molecule has 130 valence electrons. The van der Waals surface area contributed by atoms with Crippen LogP contribution in [0.1, 0.15) is 46.5 Å². The number of amides is 2. The van der Waals surface area contributed by atoms with E-state index in [4.69, 9.17) is 5.73 Å². The number of fused-ring (bicyclic) bond motifs is 1. The molecule has 0 saturated carbocycles. The number of carbonyl (C=O) groups excluding carboxylic acids is 2. The third-order valence-corrected chi connectivity index (χ3v) is 5.07. The van der Waals surface area contributed by atoms with E-state index >= 15 is 0 Å². The number of nitrogens with zero attached hydrogens (tertiary/aromatic N) is 1. The van der Waals surface area contributed by atoms with Gasteiger partial charge in [-0.2, -0.15) is 0 Å². The molecule has 0 fully saturated rings. The van der Waals surface area contributed by atoms with Gasteiger partial charge in [0.2, 0.25) is 11.8 Å². The average Bonchev–Trinajstić information content (AvgIpc) is 2.55. The first-order chi connectivity index (χ1) is 11.8. The van der Waals surface area contributed by atoms with Gasteiger partial charge in [0.1, 0.15) is 0 Å². The lowest BCUT2D eigenvalue weighted by Gasteiger charge is -2.44. The van der Waals surface area contributed by atoms with Gasteiger partial charge in [-0.15, -0.1) is 0 Å². The molecule has 0 saturated heterocycles. The van der Waals surface area contributed by atoms with Crippen LogP contribution in [0.15, 0.2) is 42.5 Å². The van der Waals surface area contributed by atoms with Crippen molar-refractivity contribution < 1.29 is 9.59 Å². The molecule has 4 nitrogen and oxygen atoms in total. The van der Waals surface area contributed by atoms with Crippen LogP contribution in [-0.2, 0) is 24.2 Å². The molecule has 0 radical (unpaired) electrons. The lowest BCUT2D eigenvalue weighted by atomic mass is 9.83. The summed E-state index contributed by atoms with van der Waals surface area (Å²) in [6.45, 7) is 7.02. The topological polar surface area (TPSA) is 63.4 Å². The zero-order valence-corrected chi connectivity index (χ0v) is 15.0. The highest BCUT2D eigenvalue weighted by atomic mass is 16.2. The van der Waals surface area contributed by atoms with E-state index in [2.05, 4.69) is 39.0 Å². The van der Waals surface area contributed by atoms with Crippen molar-refractivity contribution in [1.29, 1.82) is 0 Å². The maximum Gasteiger partial charge on any atom is 0.248 e. The molecule has 0 unspecified atom stereocenters. The average molecular weight is 336 g/mol. The first kappa shape index (κ1) is 17.2. The number of primary amides is 1. The van der Waals surface area contributed by atoms with Crippen molar-refractivity contribution in [3.8, 4) is 0 Å². The molecule has 25 heavy (non-hydrogen) atoms. The molecule has 0 aliphatic carbocycles. The van der Waals surface area contributed by atoms with Crippen LogP contribution in [0.2, 0.25) is 0 Å². The third-order valence-electron chi connectivity index (χ3n) is 5.07. The minimum atomic E-state index is -0.456. The summed E-state index contributed by atoms with van der Waals surface area (Å²) < 4.78 is 0. The van der Waals surface area contributed by atoms with Crippen LogP contribution in [0.3, 0.4) is 0 Å². The Hall–Kier alpha value is -2.62. The number of hydrogen-bond acceptors (Lipinski definition) is 2. The van der Waals surface area contributed by atoms with Gasteiger partial charge in [0.15, 0.2) is 0 Å². The zero-order chi connectivity index (χ0) is 18.2. The van der Waals surface area contributed by atoms with E-state index in [1.807, 2.05) is 4.90 Å². The Morgan fingerprint density at radius 1 is 1.12 bits per heavy atom. The fourth-order valence-electron chi connectivity index (χ4n) is 3.56. The zero-order valence-electron chi connectivity index (χ0n) is 15.0. The molecule has 0 atom stereocenters. The predicted molar refractivity (Wildman–Crippen MR) is 98.2 cm³/mol. The first-order valence-electron chi connectivity index (χ1n) is 8.54. The molecule has 3 rings (SSSR count). The number of carbonyl (C=O) groups is 2. The number of hydrogen-bond donors (Lipinski definition) is 1. The van der Waals surface area contributed by atoms with Gasteiger partial charge in [-0.05, 0) is 61.6 Å². The van der Waals surface area contributed by atoms with E-state index in [1.165, 1.54) is 16.7 Å². The number of nitrogens with two attached hydrogens (primary N) is 1. The van der Waals surface area contributed by atoms with E-state index in [1.54, 1.807) is 24.3 Å². The highest BCUT2D eigenvalue weighted by molar-refractivity contribution is 5.92. The second kappa shape index (κ2) is 6.36. The van der Waals surface area contributed by atoms with E-state index in [0.717, 1.165) is 12.0 Å². The van der Waals surface area contributed by atoms with Crippen molar-refractivity contribution in [2.24, 2.45) is 5.73 Å². The SMILES string of the molecule is Cc1cccc2c1CC(C)(C)N(C(=O)Cc1ccc(C(N)=O)cc1)C2. The Kier molecular flexibility index (Phi) is 4.38. The Morgan fingerprint density at radius 3 is 2.44 bits per heavy atom. The fraction of sp³-hybridized carbons (Fsp3) is 0.333. The van der Waals surface area contributed by atoms with E-state index in [9.17, 15) is 9.59 Å². The van der Waals surface area contributed by atoms with Crippen LogP contribution in [0.5, 0.6) is 0 Å². The quantitative estimate of drug-likeness (QED) is 0.936. The molecule has 0 aromatic heterocycles. The minimum absolute atomic E-state index is 0.101. The Bertz CT molecular complexity index is 822. The largest absolute Gasteiger partial charge is 0.366 e. The summed E-state index contributed by atoms with van der Waals surface area (Å²) in [6.07, 6.45) is 1.19.